The lowest BCUT2D eigenvalue weighted by atomic mass is 10.2. The number of benzene rings is 1. The fourth-order valence-corrected chi connectivity index (χ4v) is 1.91. The lowest BCUT2D eigenvalue weighted by Gasteiger charge is -2.10. The predicted molar refractivity (Wildman–Crippen MR) is 58.4 cm³/mol. The van der Waals surface area contributed by atoms with E-state index in [9.17, 15) is 0 Å². The maximum atomic E-state index is 8.66. The first-order valence-electron chi connectivity index (χ1n) is 4.76. The quantitative estimate of drug-likeness (QED) is 0.811. The largest absolute Gasteiger partial charge is 0.490 e. The topological polar surface area (TPSA) is 50.7 Å². The molecule has 0 aromatic heterocycles. The first-order chi connectivity index (χ1) is 7.31. The average Bonchev–Trinajstić information content (AvgIpc) is 2.44. The molecule has 82 valence electrons. The van der Waals surface area contributed by atoms with Gasteiger partial charge in [-0.1, -0.05) is 15.9 Å². The maximum Gasteiger partial charge on any atom is 0.162 e. The fraction of sp³-hybridized carbons (Fsp3) is 0.400. The summed E-state index contributed by atoms with van der Waals surface area (Å²) in [6.07, 6.45) is 0.889. The predicted octanol–water partition coefficient (Wildman–Crippen LogP) is 2.09. The molecule has 2 rings (SSSR count). The molecule has 0 spiro atoms. The molecule has 0 fully saturated rings. The Bertz CT molecular complexity index is 357. The molecule has 0 radical (unpaired) electrons. The zero-order valence-corrected chi connectivity index (χ0v) is 9.71. The van der Waals surface area contributed by atoms with E-state index < -0.39 is 0 Å². The highest BCUT2D eigenvalue weighted by Gasteiger charge is 2.13. The SMILES string of the molecule is ONCc1cc2c(cc1Br)OCCCO2. The minimum atomic E-state index is 0.372. The number of halogens is 1. The molecule has 5 heteroatoms. The van der Waals surface area contributed by atoms with Gasteiger partial charge in [-0.3, -0.25) is 0 Å². The van der Waals surface area contributed by atoms with Gasteiger partial charge in [0.05, 0.1) is 13.2 Å². The van der Waals surface area contributed by atoms with Crippen molar-refractivity contribution in [2.45, 2.75) is 13.0 Å². The van der Waals surface area contributed by atoms with Gasteiger partial charge in [-0.25, -0.2) is 5.48 Å². The van der Waals surface area contributed by atoms with Gasteiger partial charge in [0.15, 0.2) is 11.5 Å². The van der Waals surface area contributed by atoms with E-state index in [1.807, 2.05) is 12.1 Å². The molecule has 1 aromatic carbocycles. The van der Waals surface area contributed by atoms with Crippen molar-refractivity contribution in [1.29, 1.82) is 0 Å². The first kappa shape index (κ1) is 10.7. The van der Waals surface area contributed by atoms with Gasteiger partial charge in [-0.15, -0.1) is 0 Å². The van der Waals surface area contributed by atoms with Crippen molar-refractivity contribution < 1.29 is 14.7 Å². The number of hydrogen-bond donors (Lipinski definition) is 2. The molecule has 1 heterocycles. The number of hydroxylamine groups is 1. The molecule has 4 nitrogen and oxygen atoms in total. The van der Waals surface area contributed by atoms with Crippen LogP contribution >= 0.6 is 15.9 Å². The van der Waals surface area contributed by atoms with Crippen LogP contribution in [0.1, 0.15) is 12.0 Å². The van der Waals surface area contributed by atoms with E-state index in [2.05, 4.69) is 21.4 Å². The molecule has 2 N–H and O–H groups in total. The van der Waals surface area contributed by atoms with E-state index in [0.717, 1.165) is 28.0 Å². The Morgan fingerprint density at radius 3 is 2.60 bits per heavy atom. The Labute approximate surface area is 96.3 Å². The van der Waals surface area contributed by atoms with Crippen molar-refractivity contribution in [3.63, 3.8) is 0 Å². The molecule has 1 aromatic rings. The third kappa shape index (κ3) is 2.42. The van der Waals surface area contributed by atoms with Gasteiger partial charge < -0.3 is 14.7 Å². The normalized spacial score (nSPS) is 14.8. The Balaban J connectivity index is 2.33. The number of rotatable bonds is 2. The van der Waals surface area contributed by atoms with Crippen molar-refractivity contribution in [3.8, 4) is 11.5 Å². The zero-order chi connectivity index (χ0) is 10.7. The monoisotopic (exact) mass is 273 g/mol. The molecule has 0 saturated carbocycles. The van der Waals surface area contributed by atoms with Crippen molar-refractivity contribution in [2.24, 2.45) is 0 Å². The van der Waals surface area contributed by atoms with Crippen LogP contribution in [0.25, 0.3) is 0 Å². The summed E-state index contributed by atoms with van der Waals surface area (Å²) in [4.78, 5) is 0. The second kappa shape index (κ2) is 4.83. The second-order valence-electron chi connectivity index (χ2n) is 3.28. The van der Waals surface area contributed by atoms with E-state index in [1.165, 1.54) is 0 Å². The van der Waals surface area contributed by atoms with Crippen LogP contribution in [0.4, 0.5) is 0 Å². The summed E-state index contributed by atoms with van der Waals surface area (Å²) in [5.41, 5.74) is 3.05. The summed E-state index contributed by atoms with van der Waals surface area (Å²) in [6.45, 7) is 1.72. The van der Waals surface area contributed by atoms with E-state index in [-0.39, 0.29) is 0 Å². The summed E-state index contributed by atoms with van der Waals surface area (Å²) in [6, 6.07) is 3.74. The highest BCUT2D eigenvalue weighted by atomic mass is 79.9. The van der Waals surface area contributed by atoms with E-state index in [4.69, 9.17) is 14.7 Å². The molecule has 0 amide bonds. The lowest BCUT2D eigenvalue weighted by molar-refractivity contribution is 0.161. The highest BCUT2D eigenvalue weighted by molar-refractivity contribution is 9.10. The number of hydrogen-bond acceptors (Lipinski definition) is 4. The Morgan fingerprint density at radius 2 is 1.93 bits per heavy atom. The van der Waals surface area contributed by atoms with Crippen molar-refractivity contribution in [2.75, 3.05) is 13.2 Å². The van der Waals surface area contributed by atoms with Crippen LogP contribution in [0.3, 0.4) is 0 Å². The number of fused-ring (bicyclic) bond motifs is 1. The molecule has 1 aliphatic rings. The molecule has 0 saturated heterocycles. The maximum absolute atomic E-state index is 8.66. The molecule has 1 aliphatic heterocycles. The van der Waals surface area contributed by atoms with Gasteiger partial charge in [-0.05, 0) is 17.7 Å². The number of ether oxygens (including phenoxy) is 2. The van der Waals surface area contributed by atoms with E-state index in [1.54, 1.807) is 0 Å². The van der Waals surface area contributed by atoms with Crippen molar-refractivity contribution in [3.05, 3.63) is 22.2 Å². The molecule has 15 heavy (non-hydrogen) atoms. The van der Waals surface area contributed by atoms with Crippen LogP contribution < -0.4 is 15.0 Å². The average molecular weight is 274 g/mol. The fourth-order valence-electron chi connectivity index (χ4n) is 1.45. The van der Waals surface area contributed by atoms with E-state index in [0.29, 0.717) is 19.8 Å². The standard InChI is InChI=1S/C10H12BrNO3/c11-8-5-10-9(4-7(8)6-12-13)14-2-1-3-15-10/h4-5,12-13H,1-3,6H2. The van der Waals surface area contributed by atoms with Gasteiger partial charge >= 0.3 is 0 Å². The third-order valence-electron chi connectivity index (χ3n) is 2.19. The molecular weight excluding hydrogens is 262 g/mol. The lowest BCUT2D eigenvalue weighted by Crippen LogP contribution is -2.07. The second-order valence-corrected chi connectivity index (χ2v) is 4.13. The summed E-state index contributed by atoms with van der Waals surface area (Å²) in [5, 5.41) is 8.66. The molecule has 0 atom stereocenters. The zero-order valence-electron chi connectivity index (χ0n) is 8.12. The van der Waals surface area contributed by atoms with E-state index >= 15 is 0 Å². The molecule has 0 bridgehead atoms. The van der Waals surface area contributed by atoms with Gasteiger partial charge in [0.1, 0.15) is 0 Å². The van der Waals surface area contributed by atoms with Crippen molar-refractivity contribution in [1.82, 2.24) is 5.48 Å². The van der Waals surface area contributed by atoms with Crippen molar-refractivity contribution >= 4 is 15.9 Å². The summed E-state index contributed by atoms with van der Waals surface area (Å²) in [7, 11) is 0. The highest BCUT2D eigenvalue weighted by Crippen LogP contribution is 2.35. The van der Waals surface area contributed by atoms with Gasteiger partial charge in [-0.2, -0.15) is 0 Å². The van der Waals surface area contributed by atoms with Crippen LogP contribution in [0.5, 0.6) is 11.5 Å². The van der Waals surface area contributed by atoms with Crippen LogP contribution in [-0.2, 0) is 6.54 Å². The van der Waals surface area contributed by atoms with Gasteiger partial charge in [0.2, 0.25) is 0 Å². The van der Waals surface area contributed by atoms with Crippen LogP contribution in [0.2, 0.25) is 0 Å². The number of nitrogens with one attached hydrogen (secondary N) is 1. The van der Waals surface area contributed by atoms with Crippen LogP contribution in [-0.4, -0.2) is 18.4 Å². The Kier molecular flexibility index (Phi) is 3.45. The summed E-state index contributed by atoms with van der Waals surface area (Å²) < 4.78 is 12.0. The molecule has 0 aliphatic carbocycles. The molecular formula is C10H12BrNO3. The molecule has 0 unspecified atom stereocenters. The summed E-state index contributed by atoms with van der Waals surface area (Å²) in [5.74, 6) is 1.49. The Hall–Kier alpha value is -0.780. The third-order valence-corrected chi connectivity index (χ3v) is 2.92. The summed E-state index contributed by atoms with van der Waals surface area (Å²) >= 11 is 3.42. The smallest absolute Gasteiger partial charge is 0.162 e. The Morgan fingerprint density at radius 1 is 1.27 bits per heavy atom. The van der Waals surface area contributed by atoms with Crippen LogP contribution in [0, 0.1) is 0 Å². The minimum Gasteiger partial charge on any atom is -0.490 e. The minimum absolute atomic E-state index is 0.372. The van der Waals surface area contributed by atoms with Crippen LogP contribution in [0.15, 0.2) is 16.6 Å². The van der Waals surface area contributed by atoms with Gasteiger partial charge in [0.25, 0.3) is 0 Å². The first-order valence-corrected chi connectivity index (χ1v) is 5.55. The van der Waals surface area contributed by atoms with Gasteiger partial charge in [0, 0.05) is 17.4 Å².